The summed E-state index contributed by atoms with van der Waals surface area (Å²) in [5.74, 6) is 0.0376. The van der Waals surface area contributed by atoms with Crippen LogP contribution in [0.15, 0.2) is 18.3 Å². The van der Waals surface area contributed by atoms with E-state index in [4.69, 9.17) is 10.5 Å². The number of anilines is 2. The minimum atomic E-state index is -3.45. The summed E-state index contributed by atoms with van der Waals surface area (Å²) < 4.78 is 30.3. The van der Waals surface area contributed by atoms with Crippen molar-refractivity contribution in [3.05, 3.63) is 18.3 Å². The van der Waals surface area contributed by atoms with Crippen molar-refractivity contribution >= 4 is 21.5 Å². The number of nitrogens with two attached hydrogens (primary N) is 1. The summed E-state index contributed by atoms with van der Waals surface area (Å²) in [6, 6.07) is 3.21. The van der Waals surface area contributed by atoms with Crippen molar-refractivity contribution in [3.8, 4) is 0 Å². The Kier molecular flexibility index (Phi) is 4.51. The van der Waals surface area contributed by atoms with E-state index in [9.17, 15) is 8.42 Å². The summed E-state index contributed by atoms with van der Waals surface area (Å²) in [6.07, 6.45) is 1.47. The van der Waals surface area contributed by atoms with Crippen LogP contribution in [0.4, 0.5) is 11.5 Å². The van der Waals surface area contributed by atoms with Crippen LogP contribution in [0.5, 0.6) is 0 Å². The third-order valence-electron chi connectivity index (χ3n) is 1.79. The number of nitrogen functional groups attached to an aromatic ring is 1. The summed E-state index contributed by atoms with van der Waals surface area (Å²) in [6.45, 7) is 2.44. The molecule has 0 aliphatic carbocycles. The maximum absolute atomic E-state index is 11.5. The summed E-state index contributed by atoms with van der Waals surface area (Å²) >= 11 is 0. The molecule has 0 fully saturated rings. The average Bonchev–Trinajstić information content (AvgIpc) is 2.21. The van der Waals surface area contributed by atoms with E-state index in [1.54, 1.807) is 19.1 Å². The van der Waals surface area contributed by atoms with E-state index >= 15 is 0 Å². The molecule has 0 spiro atoms. The molecular weight excluding hydrogens is 230 g/mol. The van der Waals surface area contributed by atoms with E-state index in [0.717, 1.165) is 0 Å². The van der Waals surface area contributed by atoms with Gasteiger partial charge in [0.15, 0.2) is 5.82 Å². The highest BCUT2D eigenvalue weighted by molar-refractivity contribution is 7.92. The minimum Gasteiger partial charge on any atom is -0.396 e. The molecule has 0 radical (unpaired) electrons. The van der Waals surface area contributed by atoms with Crippen LogP contribution >= 0.6 is 0 Å². The number of hydrogen-bond acceptors (Lipinski definition) is 5. The number of nitrogens with one attached hydrogen (secondary N) is 1. The molecule has 6 nitrogen and oxygen atoms in total. The van der Waals surface area contributed by atoms with Crippen LogP contribution in [0.25, 0.3) is 0 Å². The largest absolute Gasteiger partial charge is 0.396 e. The Hall–Kier alpha value is -1.34. The predicted molar refractivity (Wildman–Crippen MR) is 62.6 cm³/mol. The highest BCUT2D eigenvalue weighted by Gasteiger charge is 2.12. The average molecular weight is 245 g/mol. The molecule has 0 atom stereocenters. The third-order valence-corrected chi connectivity index (χ3v) is 3.00. The van der Waals surface area contributed by atoms with Crippen molar-refractivity contribution in [1.82, 2.24) is 4.98 Å². The van der Waals surface area contributed by atoms with Crippen molar-refractivity contribution in [3.63, 3.8) is 0 Å². The van der Waals surface area contributed by atoms with Crippen LogP contribution in [-0.4, -0.2) is 32.4 Å². The van der Waals surface area contributed by atoms with Gasteiger partial charge in [0.25, 0.3) is 0 Å². The van der Waals surface area contributed by atoms with E-state index in [2.05, 4.69) is 9.71 Å². The van der Waals surface area contributed by atoms with Crippen LogP contribution in [0.1, 0.15) is 6.92 Å². The Morgan fingerprint density at radius 3 is 2.94 bits per heavy atom. The fourth-order valence-electron chi connectivity index (χ4n) is 1.01. The SMILES string of the molecule is CCOCCS(=O)(=O)Nc1ncccc1N. The maximum atomic E-state index is 11.5. The zero-order valence-corrected chi connectivity index (χ0v) is 9.83. The van der Waals surface area contributed by atoms with E-state index < -0.39 is 10.0 Å². The van der Waals surface area contributed by atoms with Crippen molar-refractivity contribution in [2.75, 3.05) is 29.4 Å². The van der Waals surface area contributed by atoms with Gasteiger partial charge in [-0.25, -0.2) is 13.4 Å². The first-order chi connectivity index (χ1) is 7.55. The van der Waals surface area contributed by atoms with Crippen LogP contribution < -0.4 is 10.5 Å². The molecule has 16 heavy (non-hydrogen) atoms. The lowest BCUT2D eigenvalue weighted by atomic mass is 10.4. The number of pyridine rings is 1. The molecule has 1 aromatic heterocycles. The monoisotopic (exact) mass is 245 g/mol. The summed E-state index contributed by atoms with van der Waals surface area (Å²) in [5.41, 5.74) is 5.86. The standard InChI is InChI=1S/C9H15N3O3S/c1-2-15-6-7-16(13,14)12-9-8(10)4-3-5-11-9/h3-5H,2,6-7,10H2,1H3,(H,11,12). The van der Waals surface area contributed by atoms with Crippen molar-refractivity contribution < 1.29 is 13.2 Å². The number of sulfonamides is 1. The minimum absolute atomic E-state index is 0.114. The lowest BCUT2D eigenvalue weighted by Gasteiger charge is -2.08. The topological polar surface area (TPSA) is 94.3 Å². The van der Waals surface area contributed by atoms with E-state index in [1.165, 1.54) is 6.20 Å². The Morgan fingerprint density at radius 2 is 2.31 bits per heavy atom. The Balaban J connectivity index is 2.63. The van der Waals surface area contributed by atoms with Gasteiger partial charge in [0.05, 0.1) is 18.0 Å². The van der Waals surface area contributed by atoms with Crippen molar-refractivity contribution in [1.29, 1.82) is 0 Å². The smallest absolute Gasteiger partial charge is 0.236 e. The molecule has 1 rings (SSSR count). The highest BCUT2D eigenvalue weighted by Crippen LogP contribution is 2.14. The molecule has 0 bridgehead atoms. The van der Waals surface area contributed by atoms with Gasteiger partial charge in [-0.3, -0.25) is 4.72 Å². The van der Waals surface area contributed by atoms with Gasteiger partial charge in [-0.15, -0.1) is 0 Å². The van der Waals surface area contributed by atoms with Gasteiger partial charge < -0.3 is 10.5 Å². The van der Waals surface area contributed by atoms with Gasteiger partial charge in [-0.05, 0) is 19.1 Å². The van der Waals surface area contributed by atoms with Crippen LogP contribution in [0.3, 0.4) is 0 Å². The summed E-state index contributed by atoms with van der Waals surface area (Å²) in [7, 11) is -3.45. The number of hydrogen-bond donors (Lipinski definition) is 2. The molecule has 3 N–H and O–H groups in total. The van der Waals surface area contributed by atoms with Gasteiger partial charge in [-0.2, -0.15) is 0 Å². The van der Waals surface area contributed by atoms with Gasteiger partial charge >= 0.3 is 0 Å². The first-order valence-electron chi connectivity index (χ1n) is 4.84. The third kappa shape index (κ3) is 4.03. The maximum Gasteiger partial charge on any atom is 0.236 e. The fourth-order valence-corrected chi connectivity index (χ4v) is 1.92. The Morgan fingerprint density at radius 1 is 1.56 bits per heavy atom. The second-order valence-corrected chi connectivity index (χ2v) is 4.90. The zero-order valence-electron chi connectivity index (χ0n) is 9.01. The first kappa shape index (κ1) is 12.7. The van der Waals surface area contributed by atoms with Gasteiger partial charge in [0.1, 0.15) is 0 Å². The number of ether oxygens (including phenoxy) is 1. The molecule has 90 valence electrons. The number of rotatable bonds is 6. The lowest BCUT2D eigenvalue weighted by Crippen LogP contribution is -2.21. The van der Waals surface area contributed by atoms with Crippen LogP contribution in [-0.2, 0) is 14.8 Å². The molecule has 0 saturated carbocycles. The normalized spacial score (nSPS) is 11.3. The van der Waals surface area contributed by atoms with Crippen LogP contribution in [0.2, 0.25) is 0 Å². The van der Waals surface area contributed by atoms with Crippen LogP contribution in [0, 0.1) is 0 Å². The second-order valence-electron chi connectivity index (χ2n) is 3.06. The first-order valence-corrected chi connectivity index (χ1v) is 6.49. The lowest BCUT2D eigenvalue weighted by molar-refractivity contribution is 0.163. The fraction of sp³-hybridized carbons (Fsp3) is 0.444. The van der Waals surface area contributed by atoms with Gasteiger partial charge in [0, 0.05) is 12.8 Å². The highest BCUT2D eigenvalue weighted by atomic mass is 32.2. The molecule has 1 heterocycles. The Labute approximate surface area is 94.9 Å². The molecule has 0 saturated heterocycles. The number of nitrogens with zero attached hydrogens (tertiary/aromatic N) is 1. The molecule has 0 aliphatic rings. The predicted octanol–water partition coefficient (Wildman–Crippen LogP) is 0.442. The molecule has 0 aliphatic heterocycles. The van der Waals surface area contributed by atoms with Gasteiger partial charge in [-0.1, -0.05) is 0 Å². The van der Waals surface area contributed by atoms with E-state index in [0.29, 0.717) is 12.3 Å². The summed E-state index contributed by atoms with van der Waals surface area (Å²) in [4.78, 5) is 3.84. The number of aromatic nitrogens is 1. The molecule has 0 amide bonds. The van der Waals surface area contributed by atoms with Crippen molar-refractivity contribution in [2.24, 2.45) is 0 Å². The zero-order chi connectivity index (χ0) is 12.0. The molecule has 0 unspecified atom stereocenters. The summed E-state index contributed by atoms with van der Waals surface area (Å²) in [5, 5.41) is 0. The Bertz CT molecular complexity index is 433. The van der Waals surface area contributed by atoms with E-state index in [-0.39, 0.29) is 18.2 Å². The van der Waals surface area contributed by atoms with Gasteiger partial charge in [0.2, 0.25) is 10.0 Å². The molecule has 0 aromatic carbocycles. The van der Waals surface area contributed by atoms with Crippen molar-refractivity contribution in [2.45, 2.75) is 6.92 Å². The molecule has 7 heteroatoms. The second kappa shape index (κ2) is 5.66. The quantitative estimate of drug-likeness (QED) is 0.709. The molecular formula is C9H15N3O3S. The molecule has 1 aromatic rings. The van der Waals surface area contributed by atoms with E-state index in [1.807, 2.05) is 0 Å².